The van der Waals surface area contributed by atoms with Crippen molar-refractivity contribution in [3.05, 3.63) is 64.1 Å². The zero-order valence-electron chi connectivity index (χ0n) is 18.6. The van der Waals surface area contributed by atoms with E-state index in [0.717, 1.165) is 17.5 Å². The Morgan fingerprint density at radius 2 is 1.66 bits per heavy atom. The fourth-order valence-electron chi connectivity index (χ4n) is 3.04. The number of nitrogens with zero attached hydrogens (tertiary/aromatic N) is 1. The zero-order chi connectivity index (χ0) is 25.6. The van der Waals surface area contributed by atoms with E-state index in [0.29, 0.717) is 16.9 Å². The number of oxime groups is 1. The van der Waals surface area contributed by atoms with E-state index in [9.17, 15) is 18.0 Å². The molecule has 186 valence electrons. The SMILES string of the molecule is CCOC(=O)C(C=NOC)COc1ccc2ccc(Oc3c(Cl)cc(C(F)(F)F)cc3Cl)cc2c1. The quantitative estimate of drug-likeness (QED) is 0.167. The highest BCUT2D eigenvalue weighted by atomic mass is 35.5. The fourth-order valence-corrected chi connectivity index (χ4v) is 3.60. The van der Waals surface area contributed by atoms with Crippen LogP contribution in [0.2, 0.25) is 10.0 Å². The van der Waals surface area contributed by atoms with Crippen molar-refractivity contribution in [3.63, 3.8) is 0 Å². The maximum Gasteiger partial charge on any atom is 0.416 e. The lowest BCUT2D eigenvalue weighted by atomic mass is 10.1. The van der Waals surface area contributed by atoms with Gasteiger partial charge in [0.05, 0.1) is 28.4 Å². The van der Waals surface area contributed by atoms with Crippen molar-refractivity contribution in [2.45, 2.75) is 13.1 Å². The normalized spacial score (nSPS) is 12.5. The molecule has 0 bridgehead atoms. The molecule has 0 aliphatic carbocycles. The van der Waals surface area contributed by atoms with Crippen LogP contribution in [-0.2, 0) is 20.5 Å². The van der Waals surface area contributed by atoms with E-state index in [1.165, 1.54) is 13.3 Å². The van der Waals surface area contributed by atoms with E-state index in [-0.39, 0.29) is 29.0 Å². The Kier molecular flexibility index (Phi) is 8.69. The van der Waals surface area contributed by atoms with Crippen LogP contribution in [0.4, 0.5) is 13.2 Å². The van der Waals surface area contributed by atoms with Gasteiger partial charge in [-0.1, -0.05) is 40.5 Å². The number of esters is 1. The number of rotatable bonds is 9. The predicted octanol–water partition coefficient (Wildman–Crippen LogP) is 7.15. The van der Waals surface area contributed by atoms with Crippen LogP contribution in [0.15, 0.2) is 53.7 Å². The molecule has 3 rings (SSSR count). The Hall–Kier alpha value is -3.17. The van der Waals surface area contributed by atoms with Gasteiger partial charge in [-0.25, -0.2) is 0 Å². The van der Waals surface area contributed by atoms with Gasteiger partial charge in [0.15, 0.2) is 5.75 Å². The molecule has 0 aliphatic heterocycles. The van der Waals surface area contributed by atoms with Crippen LogP contribution in [0.3, 0.4) is 0 Å². The van der Waals surface area contributed by atoms with E-state index in [4.69, 9.17) is 37.4 Å². The van der Waals surface area contributed by atoms with Gasteiger partial charge in [-0.05, 0) is 54.1 Å². The minimum Gasteiger partial charge on any atom is -0.492 e. The second-order valence-electron chi connectivity index (χ2n) is 7.15. The summed E-state index contributed by atoms with van der Waals surface area (Å²) in [5.74, 6) is -0.614. The first-order valence-electron chi connectivity index (χ1n) is 10.3. The topological polar surface area (TPSA) is 66.4 Å². The standard InChI is InChI=1S/C24H20Cl2F3NO5/c1-3-33-23(31)16(12-30-32-2)13-34-18-6-4-14-5-7-19(9-15(14)8-18)35-22-20(25)10-17(11-21(22)26)24(27,28)29/h4-12,16H,3,13H2,1-2H3. The van der Waals surface area contributed by atoms with Crippen LogP contribution < -0.4 is 9.47 Å². The van der Waals surface area contributed by atoms with Crippen molar-refractivity contribution in [3.8, 4) is 17.2 Å². The van der Waals surface area contributed by atoms with Crippen LogP contribution in [0, 0.1) is 5.92 Å². The molecule has 35 heavy (non-hydrogen) atoms. The predicted molar refractivity (Wildman–Crippen MR) is 127 cm³/mol. The highest BCUT2D eigenvalue weighted by molar-refractivity contribution is 6.37. The highest BCUT2D eigenvalue weighted by Crippen LogP contribution is 2.42. The summed E-state index contributed by atoms with van der Waals surface area (Å²) >= 11 is 12.0. The van der Waals surface area contributed by atoms with Gasteiger partial charge in [0.25, 0.3) is 0 Å². The number of halogens is 5. The minimum absolute atomic E-state index is 0.0375. The van der Waals surface area contributed by atoms with Crippen LogP contribution in [0.5, 0.6) is 17.2 Å². The van der Waals surface area contributed by atoms with Gasteiger partial charge in [-0.3, -0.25) is 4.79 Å². The second-order valence-corrected chi connectivity index (χ2v) is 7.96. The largest absolute Gasteiger partial charge is 0.492 e. The first-order chi connectivity index (χ1) is 16.6. The summed E-state index contributed by atoms with van der Waals surface area (Å²) in [4.78, 5) is 16.7. The molecular weight excluding hydrogens is 510 g/mol. The third-order valence-electron chi connectivity index (χ3n) is 4.69. The molecule has 0 radical (unpaired) electrons. The molecule has 1 atom stereocenters. The summed E-state index contributed by atoms with van der Waals surface area (Å²) in [7, 11) is 1.35. The van der Waals surface area contributed by atoms with Gasteiger partial charge in [0.1, 0.15) is 31.1 Å². The maximum absolute atomic E-state index is 13.0. The van der Waals surface area contributed by atoms with Gasteiger partial charge in [0.2, 0.25) is 0 Å². The highest BCUT2D eigenvalue weighted by Gasteiger charge is 2.32. The molecule has 0 fully saturated rings. The number of carbonyl (C=O) groups is 1. The molecule has 3 aromatic rings. The van der Waals surface area contributed by atoms with Crippen LogP contribution >= 0.6 is 23.2 Å². The average Bonchev–Trinajstić information content (AvgIpc) is 2.80. The van der Waals surface area contributed by atoms with E-state index >= 15 is 0 Å². The van der Waals surface area contributed by atoms with Gasteiger partial charge >= 0.3 is 12.1 Å². The summed E-state index contributed by atoms with van der Waals surface area (Å²) in [6, 6.07) is 11.8. The van der Waals surface area contributed by atoms with Crippen LogP contribution in [0.1, 0.15) is 12.5 Å². The van der Waals surface area contributed by atoms with Gasteiger partial charge in [0, 0.05) is 0 Å². The summed E-state index contributed by atoms with van der Waals surface area (Å²) in [5.41, 5.74) is -0.975. The van der Waals surface area contributed by atoms with Crippen molar-refractivity contribution < 1.29 is 37.0 Å². The number of alkyl halides is 3. The van der Waals surface area contributed by atoms with Gasteiger partial charge in [-0.2, -0.15) is 13.2 Å². The molecule has 0 saturated heterocycles. The zero-order valence-corrected chi connectivity index (χ0v) is 20.1. The minimum atomic E-state index is -4.59. The summed E-state index contributed by atoms with van der Waals surface area (Å²) < 4.78 is 55.3. The third kappa shape index (κ3) is 6.93. The number of hydrogen-bond donors (Lipinski definition) is 0. The smallest absolute Gasteiger partial charge is 0.416 e. The van der Waals surface area contributed by atoms with E-state index in [2.05, 4.69) is 9.99 Å². The van der Waals surface area contributed by atoms with Crippen molar-refractivity contribution in [1.82, 2.24) is 0 Å². The maximum atomic E-state index is 13.0. The molecule has 0 aliphatic rings. The molecular formula is C24H20Cl2F3NO5. The Morgan fingerprint density at radius 3 is 2.26 bits per heavy atom. The van der Waals surface area contributed by atoms with Gasteiger partial charge < -0.3 is 19.0 Å². The molecule has 3 aromatic carbocycles. The lowest BCUT2D eigenvalue weighted by Crippen LogP contribution is -2.25. The molecule has 0 N–H and O–H groups in total. The molecule has 11 heteroatoms. The summed E-state index contributed by atoms with van der Waals surface area (Å²) in [6.45, 7) is 1.86. The molecule has 0 aromatic heterocycles. The molecule has 0 spiro atoms. The van der Waals surface area contributed by atoms with E-state index in [1.54, 1.807) is 43.3 Å². The van der Waals surface area contributed by atoms with Crippen LogP contribution in [-0.4, -0.2) is 32.5 Å². The lowest BCUT2D eigenvalue weighted by molar-refractivity contribution is -0.146. The Balaban J connectivity index is 1.81. The van der Waals surface area contributed by atoms with Crippen molar-refractivity contribution in [2.24, 2.45) is 11.1 Å². The summed E-state index contributed by atoms with van der Waals surface area (Å²) in [5, 5.41) is 4.62. The molecule has 0 saturated carbocycles. The van der Waals surface area contributed by atoms with Crippen molar-refractivity contribution in [1.29, 1.82) is 0 Å². The molecule has 0 amide bonds. The summed E-state index contributed by atoms with van der Waals surface area (Å²) in [6.07, 6.45) is -3.30. The Labute approximate surface area is 209 Å². The number of ether oxygens (including phenoxy) is 3. The number of benzene rings is 3. The fraction of sp³-hybridized carbons (Fsp3) is 0.250. The number of fused-ring (bicyclic) bond motifs is 1. The average molecular weight is 530 g/mol. The second kappa shape index (κ2) is 11.5. The number of hydrogen-bond acceptors (Lipinski definition) is 6. The third-order valence-corrected chi connectivity index (χ3v) is 5.26. The van der Waals surface area contributed by atoms with E-state index in [1.807, 2.05) is 0 Å². The first kappa shape index (κ1) is 26.4. The Bertz CT molecular complexity index is 1210. The molecule has 6 nitrogen and oxygen atoms in total. The Morgan fingerprint density at radius 1 is 1.03 bits per heavy atom. The van der Waals surface area contributed by atoms with Gasteiger partial charge in [-0.15, -0.1) is 0 Å². The molecule has 1 unspecified atom stereocenters. The van der Waals surface area contributed by atoms with Crippen molar-refractivity contribution in [2.75, 3.05) is 20.3 Å². The van der Waals surface area contributed by atoms with Crippen LogP contribution in [0.25, 0.3) is 10.8 Å². The van der Waals surface area contributed by atoms with E-state index < -0.39 is 23.6 Å². The number of carbonyl (C=O) groups excluding carboxylic acids is 1. The lowest BCUT2D eigenvalue weighted by Gasteiger charge is -2.14. The first-order valence-corrected chi connectivity index (χ1v) is 11.0. The monoisotopic (exact) mass is 529 g/mol. The molecule has 0 heterocycles. The van der Waals surface area contributed by atoms with Crippen molar-refractivity contribution >= 4 is 46.2 Å².